The number of ether oxygens (including phenoxy) is 1. The highest BCUT2D eigenvalue weighted by molar-refractivity contribution is 5.72. The van der Waals surface area contributed by atoms with Gasteiger partial charge in [-0.1, -0.05) is 6.92 Å². The molecule has 0 saturated carbocycles. The summed E-state index contributed by atoms with van der Waals surface area (Å²) in [6.07, 6.45) is 1.85. The number of fused-ring (bicyclic) bond motifs is 1. The number of nitrogens with one attached hydrogen (secondary N) is 2. The van der Waals surface area contributed by atoms with E-state index in [1.165, 1.54) is 11.6 Å². The molecule has 0 radical (unpaired) electrons. The topological polar surface area (TPSA) is 93.9 Å². The SMILES string of the molecule is CCCOCCCNc1nc2c([nH]1)c(=O)n(C)c(=O)n2C. The van der Waals surface area contributed by atoms with Gasteiger partial charge in [0, 0.05) is 33.9 Å². The predicted molar refractivity (Wildman–Crippen MR) is 80.8 cm³/mol. The number of imidazole rings is 1. The molecule has 0 aliphatic heterocycles. The van der Waals surface area contributed by atoms with Crippen LogP contribution in [-0.4, -0.2) is 38.9 Å². The van der Waals surface area contributed by atoms with E-state index in [1.54, 1.807) is 7.05 Å². The lowest BCUT2D eigenvalue weighted by atomic mass is 10.4. The Balaban J connectivity index is 2.10. The number of anilines is 1. The Labute approximate surface area is 121 Å². The number of rotatable bonds is 7. The molecule has 2 aromatic rings. The molecular weight excluding hydrogens is 274 g/mol. The summed E-state index contributed by atoms with van der Waals surface area (Å²) in [6, 6.07) is 0. The molecule has 116 valence electrons. The Morgan fingerprint density at radius 3 is 2.71 bits per heavy atom. The smallest absolute Gasteiger partial charge is 0.332 e. The van der Waals surface area contributed by atoms with Crippen molar-refractivity contribution < 1.29 is 4.74 Å². The summed E-state index contributed by atoms with van der Waals surface area (Å²) in [6.45, 7) is 4.19. The summed E-state index contributed by atoms with van der Waals surface area (Å²) in [5, 5.41) is 3.09. The zero-order chi connectivity index (χ0) is 15.4. The number of nitrogens with zero attached hydrogens (tertiary/aromatic N) is 3. The fourth-order valence-electron chi connectivity index (χ4n) is 2.04. The van der Waals surface area contributed by atoms with Crippen LogP contribution in [0.4, 0.5) is 5.95 Å². The average molecular weight is 295 g/mol. The Bertz CT molecular complexity index is 728. The maximum Gasteiger partial charge on any atom is 0.332 e. The summed E-state index contributed by atoms with van der Waals surface area (Å²) in [5.41, 5.74) is -0.0874. The first-order valence-corrected chi connectivity index (χ1v) is 7.03. The van der Waals surface area contributed by atoms with Crippen LogP contribution in [0.2, 0.25) is 0 Å². The summed E-state index contributed by atoms with van der Waals surface area (Å²) >= 11 is 0. The third kappa shape index (κ3) is 3.15. The molecule has 0 bridgehead atoms. The number of hydrogen-bond donors (Lipinski definition) is 2. The highest BCUT2D eigenvalue weighted by Crippen LogP contribution is 2.08. The van der Waals surface area contributed by atoms with E-state index in [2.05, 4.69) is 22.2 Å². The van der Waals surface area contributed by atoms with Gasteiger partial charge in [0.1, 0.15) is 0 Å². The molecule has 0 atom stereocenters. The quantitative estimate of drug-likeness (QED) is 0.711. The van der Waals surface area contributed by atoms with Gasteiger partial charge in [-0.2, -0.15) is 4.98 Å². The molecule has 8 heteroatoms. The lowest BCUT2D eigenvalue weighted by Crippen LogP contribution is -2.36. The van der Waals surface area contributed by atoms with E-state index >= 15 is 0 Å². The molecular formula is C13H21N5O3. The van der Waals surface area contributed by atoms with Crippen LogP contribution in [-0.2, 0) is 18.8 Å². The first kappa shape index (κ1) is 15.3. The highest BCUT2D eigenvalue weighted by atomic mass is 16.5. The van der Waals surface area contributed by atoms with Crippen molar-refractivity contribution in [2.75, 3.05) is 25.1 Å². The van der Waals surface area contributed by atoms with Gasteiger partial charge in [0.2, 0.25) is 5.95 Å². The normalized spacial score (nSPS) is 11.2. The zero-order valence-corrected chi connectivity index (χ0v) is 12.6. The van der Waals surface area contributed by atoms with Crippen molar-refractivity contribution in [3.63, 3.8) is 0 Å². The lowest BCUT2D eigenvalue weighted by Gasteiger charge is -2.03. The number of aryl methyl sites for hydroxylation is 1. The van der Waals surface area contributed by atoms with Crippen LogP contribution in [0.25, 0.3) is 11.2 Å². The number of aromatic amines is 1. The molecule has 2 heterocycles. The molecule has 2 rings (SSSR count). The second kappa shape index (κ2) is 6.57. The first-order valence-electron chi connectivity index (χ1n) is 7.03. The fraction of sp³-hybridized carbons (Fsp3) is 0.615. The van der Waals surface area contributed by atoms with Gasteiger partial charge < -0.3 is 15.0 Å². The van der Waals surface area contributed by atoms with E-state index in [0.29, 0.717) is 30.3 Å². The minimum absolute atomic E-state index is 0.323. The largest absolute Gasteiger partial charge is 0.381 e. The summed E-state index contributed by atoms with van der Waals surface area (Å²) < 4.78 is 7.79. The molecule has 0 fully saturated rings. The van der Waals surface area contributed by atoms with Crippen molar-refractivity contribution >= 4 is 17.1 Å². The molecule has 8 nitrogen and oxygen atoms in total. The van der Waals surface area contributed by atoms with E-state index < -0.39 is 5.69 Å². The van der Waals surface area contributed by atoms with Gasteiger partial charge in [0.25, 0.3) is 5.56 Å². The molecule has 0 unspecified atom stereocenters. The summed E-state index contributed by atoms with van der Waals surface area (Å²) in [5.74, 6) is 0.485. The Morgan fingerprint density at radius 2 is 2.00 bits per heavy atom. The number of hydrogen-bond acceptors (Lipinski definition) is 5. The Hall–Kier alpha value is -2.09. The highest BCUT2D eigenvalue weighted by Gasteiger charge is 2.12. The minimum atomic E-state index is -0.390. The van der Waals surface area contributed by atoms with Crippen LogP contribution >= 0.6 is 0 Å². The molecule has 0 saturated heterocycles. The molecule has 0 aromatic carbocycles. The molecule has 0 amide bonds. The zero-order valence-electron chi connectivity index (χ0n) is 12.6. The van der Waals surface area contributed by atoms with Crippen molar-refractivity contribution in [1.82, 2.24) is 19.1 Å². The van der Waals surface area contributed by atoms with Crippen molar-refractivity contribution in [2.24, 2.45) is 14.1 Å². The second-order valence-corrected chi connectivity index (χ2v) is 4.88. The van der Waals surface area contributed by atoms with E-state index in [4.69, 9.17) is 4.74 Å². The summed E-state index contributed by atoms with van der Waals surface area (Å²) in [4.78, 5) is 31.0. The maximum atomic E-state index is 12.0. The summed E-state index contributed by atoms with van der Waals surface area (Å²) in [7, 11) is 3.04. The molecule has 0 aliphatic rings. The van der Waals surface area contributed by atoms with E-state index in [0.717, 1.165) is 24.0 Å². The van der Waals surface area contributed by atoms with Crippen LogP contribution in [0.3, 0.4) is 0 Å². The van der Waals surface area contributed by atoms with Crippen LogP contribution in [0.5, 0.6) is 0 Å². The fourth-order valence-corrected chi connectivity index (χ4v) is 2.04. The Kier molecular flexibility index (Phi) is 4.79. The van der Waals surface area contributed by atoms with Crippen LogP contribution < -0.4 is 16.6 Å². The maximum absolute atomic E-state index is 12.0. The van der Waals surface area contributed by atoms with Crippen LogP contribution in [0.1, 0.15) is 19.8 Å². The van der Waals surface area contributed by atoms with Crippen molar-refractivity contribution in [3.8, 4) is 0 Å². The van der Waals surface area contributed by atoms with Gasteiger partial charge in [-0.05, 0) is 12.8 Å². The molecule has 0 spiro atoms. The monoisotopic (exact) mass is 295 g/mol. The minimum Gasteiger partial charge on any atom is -0.381 e. The molecule has 0 aliphatic carbocycles. The predicted octanol–water partition coefficient (Wildman–Crippen LogP) is 0.189. The molecule has 2 N–H and O–H groups in total. The van der Waals surface area contributed by atoms with Crippen LogP contribution in [0.15, 0.2) is 9.59 Å². The van der Waals surface area contributed by atoms with Crippen LogP contribution in [0, 0.1) is 0 Å². The van der Waals surface area contributed by atoms with Crippen molar-refractivity contribution in [2.45, 2.75) is 19.8 Å². The number of H-pyrrole nitrogens is 1. The average Bonchev–Trinajstić information content (AvgIpc) is 2.91. The van der Waals surface area contributed by atoms with Gasteiger partial charge in [-0.3, -0.25) is 13.9 Å². The second-order valence-electron chi connectivity index (χ2n) is 4.88. The first-order chi connectivity index (χ1) is 10.1. The van der Waals surface area contributed by atoms with Gasteiger partial charge in [0.05, 0.1) is 0 Å². The third-order valence-corrected chi connectivity index (χ3v) is 3.20. The standard InChI is InChI=1S/C13H21N5O3/c1-4-7-21-8-5-6-14-12-15-9-10(16-12)17(2)13(20)18(3)11(9)19/h4-8H2,1-3H3,(H2,14,15,16). The third-order valence-electron chi connectivity index (χ3n) is 3.20. The molecule has 2 aromatic heterocycles. The van der Waals surface area contributed by atoms with Crippen molar-refractivity contribution in [3.05, 3.63) is 20.8 Å². The Morgan fingerprint density at radius 1 is 1.24 bits per heavy atom. The van der Waals surface area contributed by atoms with Gasteiger partial charge in [-0.15, -0.1) is 0 Å². The van der Waals surface area contributed by atoms with Gasteiger partial charge in [-0.25, -0.2) is 4.79 Å². The molecule has 21 heavy (non-hydrogen) atoms. The van der Waals surface area contributed by atoms with E-state index in [9.17, 15) is 9.59 Å². The van der Waals surface area contributed by atoms with E-state index in [1.807, 2.05) is 0 Å². The van der Waals surface area contributed by atoms with Crippen molar-refractivity contribution in [1.29, 1.82) is 0 Å². The van der Waals surface area contributed by atoms with Gasteiger partial charge in [0.15, 0.2) is 11.2 Å². The lowest BCUT2D eigenvalue weighted by molar-refractivity contribution is 0.134. The van der Waals surface area contributed by atoms with Gasteiger partial charge >= 0.3 is 5.69 Å². The number of aromatic nitrogens is 4. The van der Waals surface area contributed by atoms with E-state index in [-0.39, 0.29) is 5.56 Å².